The molecular weight excluding hydrogens is 440 g/mol. The summed E-state index contributed by atoms with van der Waals surface area (Å²) in [5, 5.41) is 22.0. The van der Waals surface area contributed by atoms with Gasteiger partial charge in [0.25, 0.3) is 0 Å². The minimum Gasteiger partial charge on any atom is -0.313 e. The fourth-order valence-electron chi connectivity index (χ4n) is 5.96. The fourth-order valence-corrected chi connectivity index (χ4v) is 5.96. The van der Waals surface area contributed by atoms with Crippen LogP contribution in [0.25, 0.3) is 45.3 Å². The van der Waals surface area contributed by atoms with Crippen LogP contribution in [0.3, 0.4) is 0 Å². The molecule has 0 saturated carbocycles. The van der Waals surface area contributed by atoms with Gasteiger partial charge in [-0.05, 0) is 61.2 Å². The second kappa shape index (κ2) is 7.87. The maximum absolute atomic E-state index is 10.0. The summed E-state index contributed by atoms with van der Waals surface area (Å²) in [5.74, 6) is -0.122. The molecule has 0 saturated heterocycles. The van der Waals surface area contributed by atoms with Gasteiger partial charge in [-0.2, -0.15) is 10.5 Å². The number of nitrogens with zero attached hydrogens (tertiary/aromatic N) is 4. The van der Waals surface area contributed by atoms with Gasteiger partial charge in [0.05, 0.1) is 34.7 Å². The summed E-state index contributed by atoms with van der Waals surface area (Å²) in [6.07, 6.45) is 11.2. The number of aromatic nitrogens is 2. The molecule has 1 atom stereocenters. The Bertz CT molecular complexity index is 1850. The van der Waals surface area contributed by atoms with Crippen molar-refractivity contribution in [1.29, 1.82) is 10.5 Å². The van der Waals surface area contributed by atoms with Gasteiger partial charge in [-0.15, -0.1) is 0 Å². The largest absolute Gasteiger partial charge is 0.313 e. The van der Waals surface area contributed by atoms with Crippen LogP contribution in [0.4, 0.5) is 0 Å². The van der Waals surface area contributed by atoms with Gasteiger partial charge in [0.2, 0.25) is 0 Å². The molecule has 2 aliphatic rings. The third kappa shape index (κ3) is 2.92. The van der Waals surface area contributed by atoms with Crippen LogP contribution >= 0.6 is 0 Å². The summed E-state index contributed by atoms with van der Waals surface area (Å²) in [6, 6.07) is 27.8. The summed E-state index contributed by atoms with van der Waals surface area (Å²) in [5.41, 5.74) is 9.67. The third-order valence-electron chi connectivity index (χ3n) is 7.49. The Morgan fingerprint density at radius 2 is 1.53 bits per heavy atom. The molecule has 0 bridgehead atoms. The highest BCUT2D eigenvalue weighted by atomic mass is 15.0. The van der Waals surface area contributed by atoms with E-state index < -0.39 is 0 Å². The molecule has 0 amide bonds. The van der Waals surface area contributed by atoms with Crippen LogP contribution in [-0.2, 0) is 12.8 Å². The number of para-hydroxylation sites is 2. The number of nitriles is 2. The molecule has 0 aliphatic heterocycles. The Morgan fingerprint density at radius 3 is 2.31 bits per heavy atom. The minimum atomic E-state index is -0.122. The lowest BCUT2D eigenvalue weighted by Gasteiger charge is -2.18. The number of hydrogen-bond donors (Lipinski definition) is 0. The van der Waals surface area contributed by atoms with Gasteiger partial charge in [-0.3, -0.25) is 0 Å². The van der Waals surface area contributed by atoms with Crippen LogP contribution in [0.5, 0.6) is 0 Å². The Labute approximate surface area is 209 Å². The lowest BCUT2D eigenvalue weighted by atomic mass is 9.93. The summed E-state index contributed by atoms with van der Waals surface area (Å²) >= 11 is 0. The molecule has 4 heteroatoms. The van der Waals surface area contributed by atoms with Gasteiger partial charge < -0.3 is 9.13 Å². The van der Waals surface area contributed by atoms with Crippen LogP contribution in [0, 0.1) is 28.6 Å². The fraction of sp³-hybridized carbons (Fsp3) is 0.125. The molecule has 0 radical (unpaired) electrons. The first-order valence-electron chi connectivity index (χ1n) is 12.3. The molecule has 36 heavy (non-hydrogen) atoms. The Kier molecular flexibility index (Phi) is 4.50. The highest BCUT2D eigenvalue weighted by Gasteiger charge is 2.24. The van der Waals surface area contributed by atoms with Crippen molar-refractivity contribution in [3.63, 3.8) is 0 Å². The van der Waals surface area contributed by atoms with Crippen LogP contribution in [0.2, 0.25) is 0 Å². The van der Waals surface area contributed by atoms with Gasteiger partial charge in [0.1, 0.15) is 0 Å². The van der Waals surface area contributed by atoms with Crippen molar-refractivity contribution in [2.45, 2.75) is 19.3 Å². The van der Waals surface area contributed by atoms with E-state index in [0.717, 1.165) is 46.3 Å². The maximum Gasteiger partial charge on any atom is 0.0993 e. The standard InChI is InChI=1S/C32H22N4/c33-19-21-13-14-32-28(17-21)27-9-3-6-12-31(27)36(32)24-16-22(20-34)15-23(18-24)35-29-10-4-1-7-25(29)26-8-2-5-11-30(26)35/h1-4,6-10,12-16,18,21H,5,11,17H2. The first-order chi connectivity index (χ1) is 17.8. The van der Waals surface area contributed by atoms with Gasteiger partial charge in [0.15, 0.2) is 0 Å². The highest BCUT2D eigenvalue weighted by molar-refractivity contribution is 5.94. The monoisotopic (exact) mass is 462 g/mol. The van der Waals surface area contributed by atoms with Gasteiger partial charge in [-0.25, -0.2) is 0 Å². The van der Waals surface area contributed by atoms with E-state index in [1.54, 1.807) is 0 Å². The average Bonchev–Trinajstić information content (AvgIpc) is 3.45. The van der Waals surface area contributed by atoms with E-state index in [9.17, 15) is 10.5 Å². The van der Waals surface area contributed by atoms with E-state index in [4.69, 9.17) is 0 Å². The smallest absolute Gasteiger partial charge is 0.0993 e. The molecule has 0 N–H and O–H groups in total. The SMILES string of the molecule is N#Cc1cc(-n2c3c(c4ccccc42)CC(C#N)C=C3)cc(-n2c3c(c4ccccc42)C=CCC3)c1. The molecule has 2 aliphatic carbocycles. The topological polar surface area (TPSA) is 57.4 Å². The Balaban J connectivity index is 1.53. The molecule has 5 aromatic rings. The minimum absolute atomic E-state index is 0.122. The van der Waals surface area contributed by atoms with Crippen molar-refractivity contribution < 1.29 is 0 Å². The van der Waals surface area contributed by atoms with Crippen molar-refractivity contribution in [2.75, 3.05) is 0 Å². The average molecular weight is 463 g/mol. The summed E-state index contributed by atoms with van der Waals surface area (Å²) in [7, 11) is 0. The molecule has 4 nitrogen and oxygen atoms in total. The number of hydrogen-bond acceptors (Lipinski definition) is 2. The van der Waals surface area contributed by atoms with E-state index in [1.165, 1.54) is 22.2 Å². The molecule has 0 spiro atoms. The lowest BCUT2D eigenvalue weighted by molar-refractivity contribution is 0.809. The van der Waals surface area contributed by atoms with E-state index >= 15 is 0 Å². The third-order valence-corrected chi connectivity index (χ3v) is 7.49. The quantitative estimate of drug-likeness (QED) is 0.281. The van der Waals surface area contributed by atoms with Crippen LogP contribution in [0.1, 0.15) is 34.5 Å². The van der Waals surface area contributed by atoms with Crippen LogP contribution in [0.15, 0.2) is 78.9 Å². The lowest BCUT2D eigenvalue weighted by Crippen LogP contribution is -2.08. The molecule has 2 heterocycles. The number of allylic oxidation sites excluding steroid dienone is 2. The molecule has 7 rings (SSSR count). The number of benzene rings is 3. The molecule has 0 fully saturated rings. The summed E-state index contributed by atoms with van der Waals surface area (Å²) < 4.78 is 4.58. The van der Waals surface area contributed by atoms with Gasteiger partial charge in [-0.1, -0.05) is 54.6 Å². The first-order valence-corrected chi connectivity index (χ1v) is 12.3. The molecule has 2 aromatic heterocycles. The normalized spacial score (nSPS) is 16.0. The second-order valence-corrected chi connectivity index (χ2v) is 9.52. The maximum atomic E-state index is 10.0. The highest BCUT2D eigenvalue weighted by Crippen LogP contribution is 2.38. The van der Waals surface area contributed by atoms with E-state index in [-0.39, 0.29) is 5.92 Å². The van der Waals surface area contributed by atoms with Crippen LogP contribution < -0.4 is 0 Å². The van der Waals surface area contributed by atoms with Crippen molar-refractivity contribution in [2.24, 2.45) is 5.92 Å². The van der Waals surface area contributed by atoms with E-state index in [1.807, 2.05) is 24.3 Å². The van der Waals surface area contributed by atoms with Crippen molar-refractivity contribution in [3.05, 3.63) is 107 Å². The van der Waals surface area contributed by atoms with E-state index in [0.29, 0.717) is 12.0 Å². The zero-order chi connectivity index (χ0) is 24.2. The summed E-state index contributed by atoms with van der Waals surface area (Å²) in [4.78, 5) is 0. The van der Waals surface area contributed by atoms with Crippen molar-refractivity contribution in [1.82, 2.24) is 9.13 Å². The molecule has 3 aromatic carbocycles. The molecule has 1 unspecified atom stereocenters. The Hall–Kier alpha value is -4.80. The number of fused-ring (bicyclic) bond motifs is 6. The van der Waals surface area contributed by atoms with Crippen molar-refractivity contribution >= 4 is 34.0 Å². The second-order valence-electron chi connectivity index (χ2n) is 9.52. The van der Waals surface area contributed by atoms with Gasteiger partial charge in [0, 0.05) is 39.1 Å². The number of rotatable bonds is 2. The predicted octanol–water partition coefficient (Wildman–Crippen LogP) is 7.11. The molecule has 170 valence electrons. The van der Waals surface area contributed by atoms with E-state index in [2.05, 4.69) is 88.0 Å². The van der Waals surface area contributed by atoms with Crippen LogP contribution in [-0.4, -0.2) is 9.13 Å². The van der Waals surface area contributed by atoms with Gasteiger partial charge >= 0.3 is 0 Å². The van der Waals surface area contributed by atoms with Crippen molar-refractivity contribution in [3.8, 4) is 23.5 Å². The Morgan fingerprint density at radius 1 is 0.806 bits per heavy atom. The first kappa shape index (κ1) is 20.6. The zero-order valence-electron chi connectivity index (χ0n) is 19.6. The molecular formula is C32H22N4. The summed E-state index contributed by atoms with van der Waals surface area (Å²) in [6.45, 7) is 0. The zero-order valence-corrected chi connectivity index (χ0v) is 19.6. The predicted molar refractivity (Wildman–Crippen MR) is 144 cm³/mol.